The molecule has 2 aliphatic heterocycles. The van der Waals surface area contributed by atoms with E-state index in [0.29, 0.717) is 5.75 Å². The van der Waals surface area contributed by atoms with Gasteiger partial charge in [0.15, 0.2) is 6.79 Å². The first-order valence-corrected chi connectivity index (χ1v) is 6.63. The van der Waals surface area contributed by atoms with Gasteiger partial charge in [0.1, 0.15) is 23.4 Å². The largest absolute Gasteiger partial charge is 0.508 e. The third kappa shape index (κ3) is 1.89. The fourth-order valence-electron chi connectivity index (χ4n) is 2.76. The van der Waals surface area contributed by atoms with Crippen molar-refractivity contribution in [2.75, 3.05) is 6.79 Å². The summed E-state index contributed by atoms with van der Waals surface area (Å²) in [4.78, 5) is 0. The van der Waals surface area contributed by atoms with Gasteiger partial charge in [-0.25, -0.2) is 0 Å². The molecular weight excluding hydrogens is 256 g/mol. The second-order valence-electron chi connectivity index (χ2n) is 5.05. The van der Waals surface area contributed by atoms with Gasteiger partial charge in [-0.15, -0.1) is 0 Å². The summed E-state index contributed by atoms with van der Waals surface area (Å²) in [6.45, 7) is 0.209. The molecule has 2 aromatic carbocycles. The first kappa shape index (κ1) is 11.6. The lowest BCUT2D eigenvalue weighted by Crippen LogP contribution is -2.21. The molecule has 4 rings (SSSR count). The Hall–Kier alpha value is -2.20. The van der Waals surface area contributed by atoms with Crippen LogP contribution in [0.2, 0.25) is 0 Å². The fraction of sp³-hybridized carbons (Fsp3) is 0.250. The van der Waals surface area contributed by atoms with Crippen LogP contribution in [0.5, 0.6) is 17.2 Å². The van der Waals surface area contributed by atoms with Gasteiger partial charge in [-0.1, -0.05) is 12.1 Å². The van der Waals surface area contributed by atoms with E-state index in [0.717, 1.165) is 23.3 Å². The molecule has 4 nitrogen and oxygen atoms in total. The van der Waals surface area contributed by atoms with Crippen LogP contribution in [0, 0.1) is 0 Å². The molecule has 4 heteroatoms. The molecule has 0 saturated carbocycles. The number of aromatic hydroxyl groups is 1. The molecule has 0 fully saturated rings. The molecule has 2 unspecified atom stereocenters. The summed E-state index contributed by atoms with van der Waals surface area (Å²) in [6, 6.07) is 13.0. The number of hydrogen-bond acceptors (Lipinski definition) is 4. The molecule has 2 heterocycles. The van der Waals surface area contributed by atoms with Crippen LogP contribution in [0.3, 0.4) is 0 Å². The fourth-order valence-corrected chi connectivity index (χ4v) is 2.76. The molecule has 2 aromatic rings. The second-order valence-corrected chi connectivity index (χ2v) is 5.05. The molecule has 0 aliphatic carbocycles. The van der Waals surface area contributed by atoms with Gasteiger partial charge in [-0.05, 0) is 29.8 Å². The zero-order chi connectivity index (χ0) is 13.5. The van der Waals surface area contributed by atoms with E-state index < -0.39 is 0 Å². The summed E-state index contributed by atoms with van der Waals surface area (Å²) in [7, 11) is 0. The number of benzene rings is 2. The Morgan fingerprint density at radius 3 is 2.95 bits per heavy atom. The Morgan fingerprint density at radius 2 is 2.00 bits per heavy atom. The molecule has 20 heavy (non-hydrogen) atoms. The van der Waals surface area contributed by atoms with E-state index in [9.17, 15) is 5.11 Å². The Bertz CT molecular complexity index is 653. The third-order valence-corrected chi connectivity index (χ3v) is 3.77. The summed E-state index contributed by atoms with van der Waals surface area (Å²) in [5, 5.41) is 9.63. The van der Waals surface area contributed by atoms with Crippen molar-refractivity contribution in [1.82, 2.24) is 0 Å². The number of phenolic OH excluding ortho intramolecular Hbond substituents is 1. The van der Waals surface area contributed by atoms with Crippen molar-refractivity contribution >= 4 is 0 Å². The van der Waals surface area contributed by atoms with Gasteiger partial charge in [0, 0.05) is 18.1 Å². The highest BCUT2D eigenvalue weighted by atomic mass is 16.7. The predicted molar refractivity (Wildman–Crippen MR) is 71.9 cm³/mol. The zero-order valence-corrected chi connectivity index (χ0v) is 10.8. The second kappa shape index (κ2) is 4.42. The van der Waals surface area contributed by atoms with Crippen LogP contribution < -0.4 is 9.47 Å². The van der Waals surface area contributed by atoms with E-state index in [-0.39, 0.29) is 24.8 Å². The van der Waals surface area contributed by atoms with Gasteiger partial charge in [0.2, 0.25) is 0 Å². The van der Waals surface area contributed by atoms with E-state index in [1.807, 2.05) is 30.3 Å². The molecule has 0 saturated heterocycles. The quantitative estimate of drug-likeness (QED) is 0.797. The van der Waals surface area contributed by atoms with Crippen LogP contribution in [-0.2, 0) is 4.74 Å². The van der Waals surface area contributed by atoms with Crippen molar-refractivity contribution in [1.29, 1.82) is 0 Å². The Morgan fingerprint density at radius 1 is 1.05 bits per heavy atom. The van der Waals surface area contributed by atoms with Gasteiger partial charge >= 0.3 is 0 Å². The van der Waals surface area contributed by atoms with Gasteiger partial charge in [0.05, 0.1) is 6.10 Å². The number of hydrogen-bond donors (Lipinski definition) is 1. The standard InChI is InChI=1S/C16H14O4/c17-11-4-5-13-15-8-14(20-16(13)7-11)10-2-1-3-12(6-10)18-9-19-15/h1-7,14-15,17H,8-9H2. The van der Waals surface area contributed by atoms with Crippen LogP contribution in [0.4, 0.5) is 0 Å². The van der Waals surface area contributed by atoms with Crippen LogP contribution in [0.15, 0.2) is 42.5 Å². The zero-order valence-electron chi connectivity index (χ0n) is 10.8. The molecule has 0 spiro atoms. The van der Waals surface area contributed by atoms with Gasteiger partial charge in [0.25, 0.3) is 0 Å². The molecule has 4 bridgehead atoms. The van der Waals surface area contributed by atoms with Crippen molar-refractivity contribution < 1.29 is 19.3 Å². The first-order valence-electron chi connectivity index (χ1n) is 6.63. The average Bonchev–Trinajstić information content (AvgIpc) is 2.50. The Balaban J connectivity index is 1.81. The molecule has 2 aliphatic rings. The minimum absolute atomic E-state index is 0.0846. The summed E-state index contributed by atoms with van der Waals surface area (Å²) in [5.41, 5.74) is 2.02. The van der Waals surface area contributed by atoms with Crippen molar-refractivity contribution in [2.24, 2.45) is 0 Å². The number of ether oxygens (including phenoxy) is 3. The number of rotatable bonds is 0. The predicted octanol–water partition coefficient (Wildman–Crippen LogP) is 3.32. The van der Waals surface area contributed by atoms with E-state index in [4.69, 9.17) is 14.2 Å². The summed E-state index contributed by atoms with van der Waals surface area (Å²) >= 11 is 0. The summed E-state index contributed by atoms with van der Waals surface area (Å²) < 4.78 is 17.4. The van der Waals surface area contributed by atoms with E-state index >= 15 is 0 Å². The van der Waals surface area contributed by atoms with Crippen LogP contribution >= 0.6 is 0 Å². The van der Waals surface area contributed by atoms with E-state index in [2.05, 4.69) is 0 Å². The normalized spacial score (nSPS) is 23.4. The summed E-state index contributed by atoms with van der Waals surface area (Å²) in [5.74, 6) is 1.66. The van der Waals surface area contributed by atoms with Crippen LogP contribution in [-0.4, -0.2) is 11.9 Å². The lowest BCUT2D eigenvalue weighted by molar-refractivity contribution is -0.0612. The smallest absolute Gasteiger partial charge is 0.189 e. The Labute approximate surface area is 116 Å². The average molecular weight is 270 g/mol. The number of phenols is 1. The third-order valence-electron chi connectivity index (χ3n) is 3.77. The highest BCUT2D eigenvalue weighted by Crippen LogP contribution is 2.44. The van der Waals surface area contributed by atoms with Crippen LogP contribution in [0.25, 0.3) is 0 Å². The van der Waals surface area contributed by atoms with Gasteiger partial charge in [-0.3, -0.25) is 0 Å². The molecule has 2 atom stereocenters. The Kier molecular flexibility index (Phi) is 2.57. The SMILES string of the molecule is Oc1ccc2c(c1)OC1CC2OCOc2cccc1c2. The highest BCUT2D eigenvalue weighted by Gasteiger charge is 2.31. The molecule has 0 amide bonds. The lowest BCUT2D eigenvalue weighted by atomic mass is 9.95. The maximum atomic E-state index is 9.63. The molecular formula is C16H14O4. The lowest BCUT2D eigenvalue weighted by Gasteiger charge is -2.31. The minimum Gasteiger partial charge on any atom is -0.508 e. The topological polar surface area (TPSA) is 47.9 Å². The van der Waals surface area contributed by atoms with Crippen molar-refractivity contribution in [2.45, 2.75) is 18.6 Å². The van der Waals surface area contributed by atoms with Gasteiger partial charge in [-0.2, -0.15) is 0 Å². The highest BCUT2D eigenvalue weighted by molar-refractivity contribution is 5.44. The maximum Gasteiger partial charge on any atom is 0.189 e. The molecule has 102 valence electrons. The van der Waals surface area contributed by atoms with Crippen molar-refractivity contribution in [3.8, 4) is 17.2 Å². The van der Waals surface area contributed by atoms with Crippen molar-refractivity contribution in [3.63, 3.8) is 0 Å². The minimum atomic E-state index is -0.0871. The van der Waals surface area contributed by atoms with Crippen LogP contribution in [0.1, 0.15) is 29.8 Å². The van der Waals surface area contributed by atoms with Crippen molar-refractivity contribution in [3.05, 3.63) is 53.6 Å². The van der Waals surface area contributed by atoms with E-state index in [1.165, 1.54) is 0 Å². The monoisotopic (exact) mass is 270 g/mol. The van der Waals surface area contributed by atoms with Gasteiger partial charge < -0.3 is 19.3 Å². The molecule has 0 radical (unpaired) electrons. The number of fused-ring (bicyclic) bond motifs is 7. The molecule has 1 N–H and O–H groups in total. The summed E-state index contributed by atoms with van der Waals surface area (Å²) in [6.07, 6.45) is 0.569. The first-order chi connectivity index (χ1) is 9.79. The maximum absolute atomic E-state index is 9.63. The molecule has 0 aromatic heterocycles. The van der Waals surface area contributed by atoms with E-state index in [1.54, 1.807) is 12.1 Å².